The van der Waals surface area contributed by atoms with E-state index in [1.165, 1.54) is 12.1 Å². The quantitative estimate of drug-likeness (QED) is 0.519. The topological polar surface area (TPSA) is 0 Å². The molecule has 0 bridgehead atoms. The molecule has 0 aliphatic heterocycles. The maximum Gasteiger partial charge on any atom is 0.123 e. The molecule has 10 heavy (non-hydrogen) atoms. The molecule has 0 unspecified atom stereocenters. The predicted molar refractivity (Wildman–Crippen MR) is 42.6 cm³/mol. The van der Waals surface area contributed by atoms with Crippen molar-refractivity contribution in [2.24, 2.45) is 0 Å². The Morgan fingerprint density at radius 1 is 1.10 bits per heavy atom. The van der Waals surface area contributed by atoms with Crippen LogP contribution in [0.4, 0.5) is 4.39 Å². The van der Waals surface area contributed by atoms with Crippen LogP contribution in [0, 0.1) is 19.7 Å². The molecular weight excluding hydrogens is 127 g/mol. The first-order valence-electron chi connectivity index (χ1n) is 2.93. The average Bonchev–Trinajstić information content (AvgIpc) is 1.80. The highest BCUT2D eigenvalue weighted by molar-refractivity contribution is 5.24. The van der Waals surface area contributed by atoms with Gasteiger partial charge in [-0.25, -0.2) is 4.39 Å². The second-order valence-electron chi connectivity index (χ2n) is 2.23. The van der Waals surface area contributed by atoms with Crippen LogP contribution in [0.2, 0.25) is 0 Å². The molecule has 0 aliphatic carbocycles. The third kappa shape index (κ3) is 1.83. The van der Waals surface area contributed by atoms with Crippen molar-refractivity contribution in [3.05, 3.63) is 35.1 Å². The van der Waals surface area contributed by atoms with Crippen LogP contribution in [0.1, 0.15) is 18.6 Å². The van der Waals surface area contributed by atoms with Crippen molar-refractivity contribution < 1.29 is 4.39 Å². The van der Waals surface area contributed by atoms with Crippen molar-refractivity contribution in [3.63, 3.8) is 0 Å². The van der Waals surface area contributed by atoms with Gasteiger partial charge in [0.2, 0.25) is 0 Å². The summed E-state index contributed by atoms with van der Waals surface area (Å²) < 4.78 is 12.3. The zero-order chi connectivity index (χ0) is 6.85. The monoisotopic (exact) mass is 140 g/mol. The van der Waals surface area contributed by atoms with Gasteiger partial charge in [0.1, 0.15) is 5.82 Å². The van der Waals surface area contributed by atoms with Gasteiger partial charge in [-0.15, -0.1) is 0 Å². The molecule has 0 saturated heterocycles. The molecule has 1 aromatic carbocycles. The van der Waals surface area contributed by atoms with Crippen LogP contribution >= 0.6 is 0 Å². The Hall–Kier alpha value is -0.850. The second kappa shape index (κ2) is 3.35. The second-order valence-corrected chi connectivity index (χ2v) is 2.23. The van der Waals surface area contributed by atoms with E-state index in [0.717, 1.165) is 11.1 Å². The third-order valence-corrected chi connectivity index (χ3v) is 1.47. The van der Waals surface area contributed by atoms with E-state index in [0.29, 0.717) is 0 Å². The van der Waals surface area contributed by atoms with Crippen molar-refractivity contribution in [1.29, 1.82) is 0 Å². The van der Waals surface area contributed by atoms with Crippen LogP contribution in [0.25, 0.3) is 0 Å². The van der Waals surface area contributed by atoms with Gasteiger partial charge in [0.15, 0.2) is 0 Å². The maximum atomic E-state index is 12.3. The van der Waals surface area contributed by atoms with E-state index >= 15 is 0 Å². The molecule has 0 aromatic heterocycles. The number of benzene rings is 1. The predicted octanol–water partition coefficient (Wildman–Crippen LogP) is 3.08. The van der Waals surface area contributed by atoms with Crippen LogP contribution in [0.5, 0.6) is 0 Å². The highest BCUT2D eigenvalue weighted by atomic mass is 19.1. The van der Waals surface area contributed by atoms with Crippen LogP contribution in [-0.2, 0) is 0 Å². The Morgan fingerprint density at radius 3 is 2.10 bits per heavy atom. The fraction of sp³-hybridized carbons (Fsp3) is 0.333. The minimum Gasteiger partial charge on any atom is -0.207 e. The van der Waals surface area contributed by atoms with Gasteiger partial charge in [0.25, 0.3) is 0 Å². The summed E-state index contributed by atoms with van der Waals surface area (Å²) in [6.45, 7) is 3.87. The first-order chi connectivity index (χ1) is 4.20. The fourth-order valence-corrected chi connectivity index (χ4v) is 0.705. The summed E-state index contributed by atoms with van der Waals surface area (Å²) in [5.74, 6) is -0.155. The van der Waals surface area contributed by atoms with Gasteiger partial charge in [0, 0.05) is 0 Å². The Balaban J connectivity index is 0.000000810. The lowest BCUT2D eigenvalue weighted by Gasteiger charge is -1.96. The molecule has 1 rings (SSSR count). The summed E-state index contributed by atoms with van der Waals surface area (Å²) in [7, 11) is 0. The van der Waals surface area contributed by atoms with E-state index in [9.17, 15) is 4.39 Å². The minimum atomic E-state index is -0.155. The van der Waals surface area contributed by atoms with Gasteiger partial charge in [-0.2, -0.15) is 0 Å². The molecule has 0 amide bonds. The molecule has 1 heteroatoms. The summed E-state index contributed by atoms with van der Waals surface area (Å²) in [4.78, 5) is 0. The van der Waals surface area contributed by atoms with E-state index in [1.54, 1.807) is 6.07 Å². The standard InChI is InChI=1S/C8H9F.CH4/c1-6-3-4-8(9)5-7(6)2;/h3-5H,1-2H3;1H4. The largest absolute Gasteiger partial charge is 0.207 e. The summed E-state index contributed by atoms with van der Waals surface area (Å²) in [6, 6.07) is 4.79. The zero-order valence-electron chi connectivity index (χ0n) is 5.61. The van der Waals surface area contributed by atoms with Crippen molar-refractivity contribution in [2.75, 3.05) is 0 Å². The maximum absolute atomic E-state index is 12.3. The Labute approximate surface area is 61.7 Å². The van der Waals surface area contributed by atoms with Gasteiger partial charge in [-0.1, -0.05) is 13.5 Å². The molecule has 0 aliphatic rings. The van der Waals surface area contributed by atoms with Crippen LogP contribution in [0.15, 0.2) is 18.2 Å². The van der Waals surface area contributed by atoms with Gasteiger partial charge in [0.05, 0.1) is 0 Å². The molecule has 0 saturated carbocycles. The van der Waals surface area contributed by atoms with Crippen molar-refractivity contribution in [3.8, 4) is 0 Å². The molecule has 1 aromatic rings. The Kier molecular flexibility index (Phi) is 3.07. The van der Waals surface area contributed by atoms with Gasteiger partial charge in [-0.05, 0) is 37.1 Å². The van der Waals surface area contributed by atoms with E-state index < -0.39 is 0 Å². The number of rotatable bonds is 0. The van der Waals surface area contributed by atoms with Crippen molar-refractivity contribution in [1.82, 2.24) is 0 Å². The number of hydrogen-bond donors (Lipinski definition) is 0. The Morgan fingerprint density at radius 2 is 1.70 bits per heavy atom. The van der Waals surface area contributed by atoms with E-state index in [1.807, 2.05) is 13.8 Å². The zero-order valence-corrected chi connectivity index (χ0v) is 5.61. The highest BCUT2D eigenvalue weighted by Crippen LogP contribution is 2.07. The summed E-state index contributed by atoms with van der Waals surface area (Å²) in [6.07, 6.45) is 0. The smallest absolute Gasteiger partial charge is 0.123 e. The summed E-state index contributed by atoms with van der Waals surface area (Å²) in [5, 5.41) is 0. The van der Waals surface area contributed by atoms with Crippen molar-refractivity contribution >= 4 is 0 Å². The third-order valence-electron chi connectivity index (χ3n) is 1.47. The fourth-order valence-electron chi connectivity index (χ4n) is 0.705. The Bertz CT molecular complexity index is 216. The SMILES string of the molecule is C.Cc1ccc(F)cc1C. The van der Waals surface area contributed by atoms with Crippen molar-refractivity contribution in [2.45, 2.75) is 21.3 Å². The minimum absolute atomic E-state index is 0. The number of aryl methyl sites for hydroxylation is 2. The first kappa shape index (κ1) is 9.15. The molecule has 0 spiro atoms. The lowest BCUT2D eigenvalue weighted by molar-refractivity contribution is 0.626. The van der Waals surface area contributed by atoms with Gasteiger partial charge >= 0.3 is 0 Å². The highest BCUT2D eigenvalue weighted by Gasteiger charge is 1.91. The molecule has 0 heterocycles. The lowest BCUT2D eigenvalue weighted by atomic mass is 10.1. The first-order valence-corrected chi connectivity index (χ1v) is 2.93. The van der Waals surface area contributed by atoms with Gasteiger partial charge < -0.3 is 0 Å². The van der Waals surface area contributed by atoms with Crippen LogP contribution in [-0.4, -0.2) is 0 Å². The molecule has 0 fully saturated rings. The number of hydrogen-bond acceptors (Lipinski definition) is 0. The van der Waals surface area contributed by atoms with Crippen LogP contribution in [0.3, 0.4) is 0 Å². The lowest BCUT2D eigenvalue weighted by Crippen LogP contribution is -1.80. The normalized spacial score (nSPS) is 8.70. The average molecular weight is 140 g/mol. The molecule has 0 nitrogen and oxygen atoms in total. The van der Waals surface area contributed by atoms with E-state index in [2.05, 4.69) is 0 Å². The summed E-state index contributed by atoms with van der Waals surface area (Å²) >= 11 is 0. The molecule has 56 valence electrons. The molecule has 0 radical (unpaired) electrons. The van der Waals surface area contributed by atoms with E-state index in [-0.39, 0.29) is 13.2 Å². The summed E-state index contributed by atoms with van der Waals surface area (Å²) in [5.41, 5.74) is 2.14. The van der Waals surface area contributed by atoms with Gasteiger partial charge in [-0.3, -0.25) is 0 Å². The van der Waals surface area contributed by atoms with Crippen LogP contribution < -0.4 is 0 Å². The molecular formula is C9H13F. The number of halogens is 1. The molecule has 0 atom stereocenters. The molecule has 0 N–H and O–H groups in total. The van der Waals surface area contributed by atoms with E-state index in [4.69, 9.17) is 0 Å².